The standard InChI is InChI=1S/C12H19NO3/c14-10(9-4-3-5-9)13-8-12(11(15)16)6-1-2-7-12/h9H,1-8H2,(H,13,14)(H,15,16). The average Bonchev–Trinajstić information content (AvgIpc) is 2.61. The van der Waals surface area contributed by atoms with Gasteiger partial charge in [0.2, 0.25) is 5.91 Å². The minimum absolute atomic E-state index is 0.0544. The fourth-order valence-corrected chi connectivity index (χ4v) is 2.59. The maximum Gasteiger partial charge on any atom is 0.311 e. The number of nitrogens with one attached hydrogen (secondary N) is 1. The number of carbonyl (C=O) groups is 2. The Kier molecular flexibility index (Phi) is 3.17. The van der Waals surface area contributed by atoms with Crippen LogP contribution in [-0.2, 0) is 9.59 Å². The Labute approximate surface area is 95.4 Å². The molecule has 2 fully saturated rings. The van der Waals surface area contributed by atoms with Crippen molar-refractivity contribution in [3.8, 4) is 0 Å². The zero-order valence-corrected chi connectivity index (χ0v) is 9.50. The lowest BCUT2D eigenvalue weighted by Gasteiger charge is -2.28. The van der Waals surface area contributed by atoms with Crippen molar-refractivity contribution >= 4 is 11.9 Å². The molecule has 0 atom stereocenters. The molecule has 0 radical (unpaired) electrons. The highest BCUT2D eigenvalue weighted by molar-refractivity contribution is 5.81. The van der Waals surface area contributed by atoms with Gasteiger partial charge in [0.25, 0.3) is 0 Å². The number of carboxylic acids is 1. The minimum atomic E-state index is -0.751. The molecule has 2 rings (SSSR count). The highest BCUT2D eigenvalue weighted by atomic mass is 16.4. The fourth-order valence-electron chi connectivity index (χ4n) is 2.59. The predicted octanol–water partition coefficient (Wildman–Crippen LogP) is 1.55. The smallest absolute Gasteiger partial charge is 0.311 e. The van der Waals surface area contributed by atoms with Gasteiger partial charge in [0.05, 0.1) is 5.41 Å². The van der Waals surface area contributed by atoms with E-state index in [0.717, 1.165) is 32.1 Å². The summed E-state index contributed by atoms with van der Waals surface area (Å²) >= 11 is 0. The molecule has 0 bridgehead atoms. The number of carboxylic acid groups (broad SMARTS) is 1. The second kappa shape index (κ2) is 4.44. The number of aliphatic carboxylic acids is 1. The first-order chi connectivity index (χ1) is 7.64. The zero-order valence-electron chi connectivity index (χ0n) is 9.50. The normalized spacial score (nSPS) is 23.8. The van der Waals surface area contributed by atoms with Gasteiger partial charge in [-0.25, -0.2) is 0 Å². The van der Waals surface area contributed by atoms with E-state index in [4.69, 9.17) is 0 Å². The molecule has 0 saturated heterocycles. The van der Waals surface area contributed by atoms with Gasteiger partial charge in [-0.15, -0.1) is 0 Å². The molecule has 4 nitrogen and oxygen atoms in total. The molecule has 0 aromatic rings. The number of carbonyl (C=O) groups excluding carboxylic acids is 1. The highest BCUT2D eigenvalue weighted by Crippen LogP contribution is 2.38. The van der Waals surface area contributed by atoms with Crippen molar-refractivity contribution in [3.63, 3.8) is 0 Å². The van der Waals surface area contributed by atoms with Crippen LogP contribution in [0.15, 0.2) is 0 Å². The van der Waals surface area contributed by atoms with Gasteiger partial charge in [0, 0.05) is 12.5 Å². The molecule has 2 aliphatic rings. The van der Waals surface area contributed by atoms with Crippen molar-refractivity contribution in [1.82, 2.24) is 5.32 Å². The van der Waals surface area contributed by atoms with E-state index in [1.807, 2.05) is 0 Å². The lowest BCUT2D eigenvalue weighted by Crippen LogP contribution is -2.44. The van der Waals surface area contributed by atoms with Crippen LogP contribution in [0.4, 0.5) is 0 Å². The minimum Gasteiger partial charge on any atom is -0.481 e. The third-order valence-corrected chi connectivity index (χ3v) is 4.09. The lowest BCUT2D eigenvalue weighted by molar-refractivity contribution is -0.148. The van der Waals surface area contributed by atoms with E-state index >= 15 is 0 Å². The van der Waals surface area contributed by atoms with Gasteiger partial charge in [-0.3, -0.25) is 9.59 Å². The first kappa shape index (κ1) is 11.4. The molecule has 0 heterocycles. The molecular formula is C12H19NO3. The summed E-state index contributed by atoms with van der Waals surface area (Å²) in [6.07, 6.45) is 6.39. The third kappa shape index (κ3) is 2.06. The quantitative estimate of drug-likeness (QED) is 0.762. The second-order valence-electron chi connectivity index (χ2n) is 5.14. The van der Waals surface area contributed by atoms with Crippen LogP contribution >= 0.6 is 0 Å². The van der Waals surface area contributed by atoms with Crippen molar-refractivity contribution < 1.29 is 14.7 Å². The molecule has 0 spiro atoms. The van der Waals surface area contributed by atoms with Gasteiger partial charge < -0.3 is 10.4 Å². The van der Waals surface area contributed by atoms with Crippen molar-refractivity contribution in [2.24, 2.45) is 11.3 Å². The van der Waals surface area contributed by atoms with E-state index in [2.05, 4.69) is 5.32 Å². The largest absolute Gasteiger partial charge is 0.481 e. The van der Waals surface area contributed by atoms with Crippen LogP contribution in [0.2, 0.25) is 0 Å². The Bertz CT molecular complexity index is 291. The monoisotopic (exact) mass is 225 g/mol. The summed E-state index contributed by atoms with van der Waals surface area (Å²) in [6, 6.07) is 0. The van der Waals surface area contributed by atoms with Crippen LogP contribution in [0.1, 0.15) is 44.9 Å². The molecule has 0 aliphatic heterocycles. The molecule has 2 aliphatic carbocycles. The molecule has 0 unspecified atom stereocenters. The van der Waals surface area contributed by atoms with E-state index in [0.29, 0.717) is 19.4 Å². The number of hydrogen-bond acceptors (Lipinski definition) is 2. The van der Waals surface area contributed by atoms with Gasteiger partial charge in [-0.2, -0.15) is 0 Å². The molecule has 2 N–H and O–H groups in total. The Morgan fingerprint density at radius 3 is 2.25 bits per heavy atom. The summed E-state index contributed by atoms with van der Waals surface area (Å²) in [4.78, 5) is 22.9. The molecule has 16 heavy (non-hydrogen) atoms. The molecule has 1 amide bonds. The van der Waals surface area contributed by atoms with Gasteiger partial charge in [-0.05, 0) is 25.7 Å². The highest BCUT2D eigenvalue weighted by Gasteiger charge is 2.41. The first-order valence-electron chi connectivity index (χ1n) is 6.15. The van der Waals surface area contributed by atoms with Crippen LogP contribution in [0.3, 0.4) is 0 Å². The summed E-state index contributed by atoms with van der Waals surface area (Å²) in [5.41, 5.74) is -0.681. The number of amides is 1. The lowest BCUT2D eigenvalue weighted by atomic mass is 9.83. The Morgan fingerprint density at radius 2 is 1.81 bits per heavy atom. The summed E-state index contributed by atoms with van der Waals surface area (Å²) in [6.45, 7) is 0.317. The second-order valence-corrected chi connectivity index (χ2v) is 5.14. The topological polar surface area (TPSA) is 66.4 Å². The summed E-state index contributed by atoms with van der Waals surface area (Å²) in [5.74, 6) is -0.551. The Morgan fingerprint density at radius 1 is 1.19 bits per heavy atom. The zero-order chi connectivity index (χ0) is 11.6. The predicted molar refractivity (Wildman–Crippen MR) is 58.9 cm³/mol. The average molecular weight is 225 g/mol. The van der Waals surface area contributed by atoms with Crippen LogP contribution in [0, 0.1) is 11.3 Å². The molecule has 0 aromatic carbocycles. The van der Waals surface area contributed by atoms with Crippen LogP contribution < -0.4 is 5.32 Å². The molecule has 90 valence electrons. The fraction of sp³-hybridized carbons (Fsp3) is 0.833. The van der Waals surface area contributed by atoms with E-state index in [9.17, 15) is 14.7 Å². The van der Waals surface area contributed by atoms with Crippen molar-refractivity contribution in [1.29, 1.82) is 0 Å². The van der Waals surface area contributed by atoms with E-state index in [-0.39, 0.29) is 11.8 Å². The van der Waals surface area contributed by atoms with Crippen LogP contribution in [-0.4, -0.2) is 23.5 Å². The van der Waals surface area contributed by atoms with E-state index in [1.54, 1.807) is 0 Å². The molecule has 4 heteroatoms. The van der Waals surface area contributed by atoms with Crippen LogP contribution in [0.5, 0.6) is 0 Å². The van der Waals surface area contributed by atoms with E-state index in [1.165, 1.54) is 0 Å². The molecule has 2 saturated carbocycles. The maximum atomic E-state index is 11.6. The summed E-state index contributed by atoms with van der Waals surface area (Å²) < 4.78 is 0. The Balaban J connectivity index is 1.86. The third-order valence-electron chi connectivity index (χ3n) is 4.09. The van der Waals surface area contributed by atoms with Gasteiger partial charge in [0.15, 0.2) is 0 Å². The van der Waals surface area contributed by atoms with Gasteiger partial charge in [0.1, 0.15) is 0 Å². The van der Waals surface area contributed by atoms with Crippen molar-refractivity contribution in [3.05, 3.63) is 0 Å². The molecule has 0 aromatic heterocycles. The molecular weight excluding hydrogens is 206 g/mol. The number of rotatable bonds is 4. The van der Waals surface area contributed by atoms with E-state index < -0.39 is 11.4 Å². The maximum absolute atomic E-state index is 11.6. The SMILES string of the molecule is O=C(NCC1(C(=O)O)CCCC1)C1CCC1. The van der Waals surface area contributed by atoms with Gasteiger partial charge in [-0.1, -0.05) is 19.3 Å². The van der Waals surface area contributed by atoms with Crippen molar-refractivity contribution in [2.75, 3.05) is 6.54 Å². The summed E-state index contributed by atoms with van der Waals surface area (Å²) in [5, 5.41) is 12.1. The summed E-state index contributed by atoms with van der Waals surface area (Å²) in [7, 11) is 0. The van der Waals surface area contributed by atoms with Gasteiger partial charge >= 0.3 is 5.97 Å². The first-order valence-corrected chi connectivity index (χ1v) is 6.15. The Hall–Kier alpha value is -1.06. The number of hydrogen-bond donors (Lipinski definition) is 2. The van der Waals surface area contributed by atoms with Crippen LogP contribution in [0.25, 0.3) is 0 Å². The van der Waals surface area contributed by atoms with Crippen molar-refractivity contribution in [2.45, 2.75) is 44.9 Å².